The molecule has 0 radical (unpaired) electrons. The largest absolute Gasteiger partial charge is 0.497 e. The molecule has 0 fully saturated rings. The molecule has 0 saturated carbocycles. The Kier molecular flexibility index (Phi) is 5.80. The standard InChI is InChI=1S/C13H21NO3/c1-10(15-2)9-17-13-8-12(16-3)5-4-11(13)6-7-14/h4-5,8,10H,6-7,9,14H2,1-3H3. The van der Waals surface area contributed by atoms with E-state index in [1.165, 1.54) is 0 Å². The van der Waals surface area contributed by atoms with E-state index in [-0.39, 0.29) is 6.10 Å². The first kappa shape index (κ1) is 13.8. The maximum absolute atomic E-state index is 5.72. The van der Waals surface area contributed by atoms with Crippen LogP contribution in [-0.4, -0.2) is 33.5 Å². The molecule has 0 saturated heterocycles. The first-order valence-electron chi connectivity index (χ1n) is 5.73. The number of rotatable bonds is 7. The lowest BCUT2D eigenvalue weighted by Crippen LogP contribution is -2.17. The van der Waals surface area contributed by atoms with Crippen molar-refractivity contribution >= 4 is 0 Å². The summed E-state index contributed by atoms with van der Waals surface area (Å²) < 4.78 is 16.1. The van der Waals surface area contributed by atoms with Gasteiger partial charge in [-0.3, -0.25) is 0 Å². The van der Waals surface area contributed by atoms with Crippen LogP contribution in [0.5, 0.6) is 11.5 Å². The second-order valence-corrected chi connectivity index (χ2v) is 3.87. The molecule has 0 bridgehead atoms. The SMILES string of the molecule is COc1ccc(CCN)c(OCC(C)OC)c1. The molecule has 1 atom stereocenters. The van der Waals surface area contributed by atoms with Crippen molar-refractivity contribution in [2.24, 2.45) is 5.73 Å². The molecule has 0 spiro atoms. The predicted octanol–water partition coefficient (Wildman–Crippen LogP) is 1.61. The Bertz CT molecular complexity index is 341. The van der Waals surface area contributed by atoms with Gasteiger partial charge in [0.05, 0.1) is 13.2 Å². The molecule has 1 aromatic rings. The van der Waals surface area contributed by atoms with Crippen molar-refractivity contribution < 1.29 is 14.2 Å². The third-order valence-corrected chi connectivity index (χ3v) is 2.56. The van der Waals surface area contributed by atoms with Gasteiger partial charge in [-0.25, -0.2) is 0 Å². The first-order chi connectivity index (χ1) is 8.21. The number of methoxy groups -OCH3 is 2. The van der Waals surface area contributed by atoms with Gasteiger partial charge in [-0.1, -0.05) is 6.07 Å². The molecule has 96 valence electrons. The Hall–Kier alpha value is -1.26. The zero-order valence-electron chi connectivity index (χ0n) is 10.7. The fourth-order valence-corrected chi connectivity index (χ4v) is 1.43. The number of hydrogen-bond acceptors (Lipinski definition) is 4. The maximum Gasteiger partial charge on any atom is 0.126 e. The van der Waals surface area contributed by atoms with E-state index >= 15 is 0 Å². The summed E-state index contributed by atoms with van der Waals surface area (Å²) in [7, 11) is 3.31. The van der Waals surface area contributed by atoms with Crippen molar-refractivity contribution in [3.8, 4) is 11.5 Å². The zero-order chi connectivity index (χ0) is 12.7. The Labute approximate surface area is 103 Å². The number of benzene rings is 1. The summed E-state index contributed by atoms with van der Waals surface area (Å²) in [6.45, 7) is 3.08. The van der Waals surface area contributed by atoms with Crippen LogP contribution in [0.1, 0.15) is 12.5 Å². The summed E-state index contributed by atoms with van der Waals surface area (Å²) in [5.74, 6) is 1.60. The van der Waals surface area contributed by atoms with E-state index in [9.17, 15) is 0 Å². The predicted molar refractivity (Wildman–Crippen MR) is 67.7 cm³/mol. The molecule has 0 aliphatic heterocycles. The average Bonchev–Trinajstić information content (AvgIpc) is 2.37. The molecular formula is C13H21NO3. The van der Waals surface area contributed by atoms with Gasteiger partial charge in [0.15, 0.2) is 0 Å². The molecule has 1 rings (SSSR count). The molecule has 2 N–H and O–H groups in total. The van der Waals surface area contributed by atoms with E-state index in [4.69, 9.17) is 19.9 Å². The highest BCUT2D eigenvalue weighted by Gasteiger charge is 2.07. The van der Waals surface area contributed by atoms with Crippen molar-refractivity contribution in [3.63, 3.8) is 0 Å². The number of hydrogen-bond donors (Lipinski definition) is 1. The highest BCUT2D eigenvalue weighted by Crippen LogP contribution is 2.25. The molecule has 0 heterocycles. The molecule has 0 aromatic heterocycles. The summed E-state index contributed by atoms with van der Waals surface area (Å²) in [5.41, 5.74) is 6.66. The van der Waals surface area contributed by atoms with E-state index in [1.54, 1.807) is 14.2 Å². The highest BCUT2D eigenvalue weighted by molar-refractivity contribution is 5.41. The van der Waals surface area contributed by atoms with Gasteiger partial charge in [-0.15, -0.1) is 0 Å². The summed E-state index contributed by atoms with van der Waals surface area (Å²) in [4.78, 5) is 0. The average molecular weight is 239 g/mol. The van der Waals surface area contributed by atoms with Crippen LogP contribution in [0.25, 0.3) is 0 Å². The Morgan fingerprint density at radius 2 is 2.06 bits per heavy atom. The van der Waals surface area contributed by atoms with Crippen molar-refractivity contribution in [2.75, 3.05) is 27.4 Å². The molecule has 17 heavy (non-hydrogen) atoms. The summed E-state index contributed by atoms with van der Waals surface area (Å²) >= 11 is 0. The normalized spacial score (nSPS) is 12.2. The van der Waals surface area contributed by atoms with Gasteiger partial charge in [-0.05, 0) is 31.5 Å². The smallest absolute Gasteiger partial charge is 0.126 e. The maximum atomic E-state index is 5.72. The number of nitrogens with two attached hydrogens (primary N) is 1. The third-order valence-electron chi connectivity index (χ3n) is 2.56. The van der Waals surface area contributed by atoms with Gasteiger partial charge < -0.3 is 19.9 Å². The second-order valence-electron chi connectivity index (χ2n) is 3.87. The van der Waals surface area contributed by atoms with E-state index in [2.05, 4.69) is 0 Å². The van der Waals surface area contributed by atoms with E-state index in [0.717, 1.165) is 23.5 Å². The van der Waals surface area contributed by atoms with Crippen LogP contribution in [0.15, 0.2) is 18.2 Å². The van der Waals surface area contributed by atoms with E-state index in [1.807, 2.05) is 25.1 Å². The van der Waals surface area contributed by atoms with Gasteiger partial charge >= 0.3 is 0 Å². The van der Waals surface area contributed by atoms with Gasteiger partial charge in [0, 0.05) is 13.2 Å². The zero-order valence-corrected chi connectivity index (χ0v) is 10.7. The lowest BCUT2D eigenvalue weighted by Gasteiger charge is -2.15. The summed E-state index contributed by atoms with van der Waals surface area (Å²) in [6, 6.07) is 5.78. The van der Waals surface area contributed by atoms with Crippen LogP contribution in [-0.2, 0) is 11.2 Å². The van der Waals surface area contributed by atoms with Crippen molar-refractivity contribution in [2.45, 2.75) is 19.4 Å². The minimum atomic E-state index is 0.0620. The van der Waals surface area contributed by atoms with Crippen LogP contribution >= 0.6 is 0 Å². The molecule has 4 heteroatoms. The van der Waals surface area contributed by atoms with Crippen LogP contribution < -0.4 is 15.2 Å². The third kappa shape index (κ3) is 4.24. The van der Waals surface area contributed by atoms with Gasteiger partial charge in [-0.2, -0.15) is 0 Å². The van der Waals surface area contributed by atoms with Gasteiger partial charge in [0.2, 0.25) is 0 Å². The van der Waals surface area contributed by atoms with Crippen molar-refractivity contribution in [3.05, 3.63) is 23.8 Å². The number of ether oxygens (including phenoxy) is 3. The molecule has 1 aromatic carbocycles. The van der Waals surface area contributed by atoms with E-state index < -0.39 is 0 Å². The van der Waals surface area contributed by atoms with Crippen LogP contribution in [0.4, 0.5) is 0 Å². The van der Waals surface area contributed by atoms with Crippen LogP contribution in [0.3, 0.4) is 0 Å². The van der Waals surface area contributed by atoms with Gasteiger partial charge in [0.1, 0.15) is 18.1 Å². The topological polar surface area (TPSA) is 53.7 Å². The molecule has 0 amide bonds. The Morgan fingerprint density at radius 3 is 2.65 bits per heavy atom. The van der Waals surface area contributed by atoms with Crippen molar-refractivity contribution in [1.82, 2.24) is 0 Å². The molecule has 0 aliphatic carbocycles. The second kappa shape index (κ2) is 7.14. The monoisotopic (exact) mass is 239 g/mol. The fraction of sp³-hybridized carbons (Fsp3) is 0.538. The summed E-state index contributed by atoms with van der Waals surface area (Å²) in [5, 5.41) is 0. The summed E-state index contributed by atoms with van der Waals surface area (Å²) in [6.07, 6.45) is 0.854. The fourth-order valence-electron chi connectivity index (χ4n) is 1.43. The van der Waals surface area contributed by atoms with Gasteiger partial charge in [0.25, 0.3) is 0 Å². The van der Waals surface area contributed by atoms with Crippen LogP contribution in [0.2, 0.25) is 0 Å². The lowest BCUT2D eigenvalue weighted by molar-refractivity contribution is 0.0712. The van der Waals surface area contributed by atoms with Crippen molar-refractivity contribution in [1.29, 1.82) is 0 Å². The molecule has 4 nitrogen and oxygen atoms in total. The molecule has 0 aliphatic rings. The highest BCUT2D eigenvalue weighted by atomic mass is 16.5. The Balaban J connectivity index is 2.77. The van der Waals surface area contributed by atoms with Crippen LogP contribution in [0, 0.1) is 0 Å². The first-order valence-corrected chi connectivity index (χ1v) is 5.73. The lowest BCUT2D eigenvalue weighted by atomic mass is 10.1. The van der Waals surface area contributed by atoms with E-state index in [0.29, 0.717) is 13.2 Å². The quantitative estimate of drug-likeness (QED) is 0.785. The molecular weight excluding hydrogens is 218 g/mol. The minimum absolute atomic E-state index is 0.0620. The Morgan fingerprint density at radius 1 is 1.29 bits per heavy atom. The molecule has 1 unspecified atom stereocenters. The minimum Gasteiger partial charge on any atom is -0.497 e.